The SMILES string of the molecule is CCC(C)C(NC(=O)C(=O)C(Cc1ccccc1)NC(=O)C(CC(=O)Cc1ccccc1)Cc1ccccc1)C(=O)N1CSCC1C(=O)O. The van der Waals surface area contributed by atoms with Crippen LogP contribution in [0.2, 0.25) is 0 Å². The smallest absolute Gasteiger partial charge is 0.327 e. The second-order valence-corrected chi connectivity index (χ2v) is 13.4. The molecule has 3 aromatic rings. The van der Waals surface area contributed by atoms with Crippen molar-refractivity contribution >= 4 is 47.0 Å². The van der Waals surface area contributed by atoms with Crippen molar-refractivity contribution in [2.45, 2.75) is 64.1 Å². The Hall–Kier alpha value is -4.77. The van der Waals surface area contributed by atoms with Gasteiger partial charge in [-0.2, -0.15) is 0 Å². The fourth-order valence-electron chi connectivity index (χ4n) is 5.77. The summed E-state index contributed by atoms with van der Waals surface area (Å²) in [5.74, 6) is -5.23. The maximum atomic E-state index is 14.0. The molecule has 1 fully saturated rings. The van der Waals surface area contributed by atoms with Gasteiger partial charge in [0, 0.05) is 30.9 Å². The van der Waals surface area contributed by atoms with Crippen LogP contribution in [0.3, 0.4) is 0 Å². The molecular weight excluding hydrogens is 642 g/mol. The zero-order chi connectivity index (χ0) is 35.3. The molecule has 258 valence electrons. The molecular formula is C38H43N3O7S. The van der Waals surface area contributed by atoms with E-state index in [1.165, 1.54) is 16.7 Å². The number of carboxylic acids is 1. The van der Waals surface area contributed by atoms with E-state index in [0.717, 1.165) is 11.1 Å². The van der Waals surface area contributed by atoms with Gasteiger partial charge in [-0.05, 0) is 29.0 Å². The van der Waals surface area contributed by atoms with E-state index in [4.69, 9.17) is 0 Å². The van der Waals surface area contributed by atoms with Crippen LogP contribution in [0.1, 0.15) is 43.4 Å². The number of rotatable bonds is 17. The molecule has 0 aliphatic carbocycles. The summed E-state index contributed by atoms with van der Waals surface area (Å²) in [5, 5.41) is 15.0. The van der Waals surface area contributed by atoms with Crippen molar-refractivity contribution in [3.8, 4) is 0 Å². The van der Waals surface area contributed by atoms with E-state index < -0.39 is 59.4 Å². The number of carboxylic acid groups (broad SMARTS) is 1. The third-order valence-electron chi connectivity index (χ3n) is 8.77. The van der Waals surface area contributed by atoms with Gasteiger partial charge in [-0.25, -0.2) is 4.79 Å². The van der Waals surface area contributed by atoms with Gasteiger partial charge < -0.3 is 20.6 Å². The minimum atomic E-state index is -1.29. The van der Waals surface area contributed by atoms with Crippen molar-refractivity contribution in [1.29, 1.82) is 0 Å². The van der Waals surface area contributed by atoms with E-state index in [1.54, 1.807) is 31.2 Å². The van der Waals surface area contributed by atoms with Crippen molar-refractivity contribution in [1.82, 2.24) is 15.5 Å². The first-order chi connectivity index (χ1) is 23.6. The lowest BCUT2D eigenvalue weighted by atomic mass is 9.90. The first kappa shape index (κ1) is 37.1. The topological polar surface area (TPSA) is 150 Å². The van der Waals surface area contributed by atoms with E-state index >= 15 is 0 Å². The molecule has 0 radical (unpaired) electrons. The number of amides is 3. The average molecular weight is 686 g/mol. The number of nitrogens with zero attached hydrogens (tertiary/aromatic N) is 1. The van der Waals surface area contributed by atoms with E-state index in [2.05, 4.69) is 10.6 Å². The van der Waals surface area contributed by atoms with Crippen LogP contribution in [0.25, 0.3) is 0 Å². The molecule has 1 saturated heterocycles. The number of Topliss-reactive ketones (excluding diaryl/α,β-unsaturated/α-hetero) is 2. The second-order valence-electron chi connectivity index (χ2n) is 12.4. The highest BCUT2D eigenvalue weighted by molar-refractivity contribution is 7.99. The Kier molecular flexibility index (Phi) is 13.7. The predicted octanol–water partition coefficient (Wildman–Crippen LogP) is 3.86. The summed E-state index contributed by atoms with van der Waals surface area (Å²) in [7, 11) is 0. The fourth-order valence-corrected chi connectivity index (χ4v) is 6.93. The highest BCUT2D eigenvalue weighted by Crippen LogP contribution is 2.24. The highest BCUT2D eigenvalue weighted by atomic mass is 32.2. The largest absolute Gasteiger partial charge is 0.480 e. The molecule has 1 aliphatic heterocycles. The Labute approximate surface area is 291 Å². The third kappa shape index (κ3) is 10.6. The molecule has 10 nitrogen and oxygen atoms in total. The second kappa shape index (κ2) is 18.1. The fraction of sp³-hybridized carbons (Fsp3) is 0.368. The van der Waals surface area contributed by atoms with Crippen molar-refractivity contribution in [2.24, 2.45) is 11.8 Å². The van der Waals surface area contributed by atoms with Crippen LogP contribution in [0.15, 0.2) is 91.0 Å². The Morgan fingerprint density at radius 1 is 0.816 bits per heavy atom. The van der Waals surface area contributed by atoms with Gasteiger partial charge in [-0.15, -0.1) is 11.8 Å². The number of carbonyl (C=O) groups excluding carboxylic acids is 5. The van der Waals surface area contributed by atoms with Gasteiger partial charge in [0.2, 0.25) is 17.6 Å². The van der Waals surface area contributed by atoms with Gasteiger partial charge in [0.15, 0.2) is 0 Å². The van der Waals surface area contributed by atoms with Crippen LogP contribution in [-0.4, -0.2) is 75.0 Å². The maximum absolute atomic E-state index is 14.0. The first-order valence-corrected chi connectivity index (χ1v) is 17.6. The molecule has 0 bridgehead atoms. The molecule has 0 aromatic heterocycles. The van der Waals surface area contributed by atoms with Gasteiger partial charge in [-0.3, -0.25) is 24.0 Å². The summed E-state index contributed by atoms with van der Waals surface area (Å²) >= 11 is 1.30. The number of carbonyl (C=O) groups is 6. The van der Waals surface area contributed by atoms with E-state index in [9.17, 15) is 33.9 Å². The minimum Gasteiger partial charge on any atom is -0.480 e. The molecule has 1 aliphatic rings. The predicted molar refractivity (Wildman–Crippen MR) is 187 cm³/mol. The molecule has 3 aromatic carbocycles. The van der Waals surface area contributed by atoms with Gasteiger partial charge in [-0.1, -0.05) is 111 Å². The van der Waals surface area contributed by atoms with Crippen LogP contribution in [-0.2, 0) is 48.0 Å². The van der Waals surface area contributed by atoms with E-state index in [1.807, 2.05) is 73.7 Å². The van der Waals surface area contributed by atoms with Crippen molar-refractivity contribution in [3.63, 3.8) is 0 Å². The number of aliphatic carboxylic acids is 1. The summed E-state index contributed by atoms with van der Waals surface area (Å²) in [6.07, 6.45) is 0.802. The standard InChI is InChI=1S/C38H43N3O7S/c1-3-25(2)33(37(46)41-24-49-23-32(41)38(47)48)40-36(45)34(43)31(21-28-17-11-6-12-18-28)39-35(44)29(19-26-13-7-4-8-14-26)22-30(42)20-27-15-9-5-10-16-27/h4-18,25,29,31-33H,3,19-24H2,1-2H3,(H,39,44)(H,40,45)(H,47,48). The number of nitrogens with one attached hydrogen (secondary N) is 2. The molecule has 11 heteroatoms. The maximum Gasteiger partial charge on any atom is 0.327 e. The summed E-state index contributed by atoms with van der Waals surface area (Å²) in [4.78, 5) is 81.2. The van der Waals surface area contributed by atoms with Crippen molar-refractivity contribution < 1.29 is 33.9 Å². The Morgan fingerprint density at radius 2 is 1.37 bits per heavy atom. The molecule has 3 amide bonds. The molecule has 5 atom stereocenters. The van der Waals surface area contributed by atoms with Gasteiger partial charge in [0.05, 0.1) is 5.88 Å². The molecule has 4 rings (SSSR count). The number of ketones is 2. The Bertz CT molecular complexity index is 1600. The van der Waals surface area contributed by atoms with Crippen LogP contribution in [0.4, 0.5) is 0 Å². The van der Waals surface area contributed by atoms with Gasteiger partial charge >= 0.3 is 5.97 Å². The lowest BCUT2D eigenvalue weighted by Gasteiger charge is -2.30. The number of hydrogen-bond acceptors (Lipinski definition) is 7. The number of thioether (sulfide) groups is 1. The zero-order valence-electron chi connectivity index (χ0n) is 27.7. The van der Waals surface area contributed by atoms with Crippen LogP contribution < -0.4 is 10.6 Å². The third-order valence-corrected chi connectivity index (χ3v) is 9.78. The average Bonchev–Trinajstić information content (AvgIpc) is 3.61. The van der Waals surface area contributed by atoms with E-state index in [-0.39, 0.29) is 43.1 Å². The Balaban J connectivity index is 1.56. The Morgan fingerprint density at radius 3 is 1.92 bits per heavy atom. The first-order valence-electron chi connectivity index (χ1n) is 16.5. The van der Waals surface area contributed by atoms with Crippen molar-refractivity contribution in [3.05, 3.63) is 108 Å². The molecule has 5 unspecified atom stereocenters. The lowest BCUT2D eigenvalue weighted by molar-refractivity contribution is -0.150. The minimum absolute atomic E-state index is 0.000645. The molecule has 49 heavy (non-hydrogen) atoms. The molecule has 1 heterocycles. The normalized spacial score (nSPS) is 16.5. The molecule has 3 N–H and O–H groups in total. The lowest BCUT2D eigenvalue weighted by Crippen LogP contribution is -2.58. The monoisotopic (exact) mass is 685 g/mol. The summed E-state index contributed by atoms with van der Waals surface area (Å²) in [5.41, 5.74) is 2.36. The van der Waals surface area contributed by atoms with Crippen LogP contribution in [0, 0.1) is 11.8 Å². The van der Waals surface area contributed by atoms with Crippen molar-refractivity contribution in [2.75, 3.05) is 11.6 Å². The number of hydrogen-bond donors (Lipinski definition) is 3. The summed E-state index contributed by atoms with van der Waals surface area (Å²) < 4.78 is 0. The quantitative estimate of drug-likeness (QED) is 0.182. The summed E-state index contributed by atoms with van der Waals surface area (Å²) in [6.45, 7) is 3.58. The number of benzene rings is 3. The van der Waals surface area contributed by atoms with Crippen LogP contribution >= 0.6 is 11.8 Å². The van der Waals surface area contributed by atoms with Crippen LogP contribution in [0.5, 0.6) is 0 Å². The molecule has 0 spiro atoms. The van der Waals surface area contributed by atoms with E-state index in [0.29, 0.717) is 12.0 Å². The van der Waals surface area contributed by atoms with Gasteiger partial charge in [0.25, 0.3) is 5.91 Å². The highest BCUT2D eigenvalue weighted by Gasteiger charge is 2.41. The zero-order valence-corrected chi connectivity index (χ0v) is 28.6. The molecule has 0 saturated carbocycles. The van der Waals surface area contributed by atoms with Gasteiger partial charge in [0.1, 0.15) is 23.9 Å². The summed E-state index contributed by atoms with van der Waals surface area (Å²) in [6, 6.07) is 24.0.